The monoisotopic (exact) mass is 708 g/mol. The van der Waals surface area contributed by atoms with Crippen molar-refractivity contribution in [3.8, 4) is 0 Å². The summed E-state index contributed by atoms with van der Waals surface area (Å²) >= 11 is 1.25. The molecule has 8 nitrogen and oxygen atoms in total. The molecule has 0 fully saturated rings. The first-order valence-electron chi connectivity index (χ1n) is 20.6. The zero-order valence-electron chi connectivity index (χ0n) is 32.5. The van der Waals surface area contributed by atoms with Gasteiger partial charge in [-0.3, -0.25) is 4.79 Å². The fourth-order valence-corrected chi connectivity index (χ4v) is 7.07. The third-order valence-corrected chi connectivity index (χ3v) is 10.1. The molecule has 1 aromatic heterocycles. The molecule has 1 heterocycles. The molecule has 0 aliphatic carbocycles. The Labute approximate surface area is 306 Å². The van der Waals surface area contributed by atoms with Gasteiger partial charge in [0.1, 0.15) is 12.4 Å². The van der Waals surface area contributed by atoms with Crippen LogP contribution in [0.5, 0.6) is 0 Å². The largest absolute Gasteiger partial charge is 0.462 e. The van der Waals surface area contributed by atoms with Gasteiger partial charge in [0, 0.05) is 33.5 Å². The number of aldehydes is 1. The van der Waals surface area contributed by atoms with Crippen molar-refractivity contribution in [2.45, 2.75) is 193 Å². The lowest BCUT2D eigenvalue weighted by atomic mass is 10.0. The minimum Gasteiger partial charge on any atom is -0.462 e. The summed E-state index contributed by atoms with van der Waals surface area (Å²) < 4.78 is 14.8. The maximum atomic E-state index is 12.8. The number of hydrogen-bond donors (Lipinski definition) is 1. The molecular weight excluding hydrogens is 631 g/mol. The average molecular weight is 708 g/mol. The maximum Gasteiger partial charge on any atom is 0.306 e. The molecule has 1 rings (SSSR count). The van der Waals surface area contributed by atoms with E-state index in [4.69, 9.17) is 4.74 Å². The Morgan fingerprint density at radius 1 is 0.694 bits per heavy atom. The van der Waals surface area contributed by atoms with Crippen LogP contribution < -0.4 is 10.2 Å². The normalized spacial score (nSPS) is 11.5. The number of carbonyl (C=O) groups is 2. The predicted molar refractivity (Wildman–Crippen MR) is 211 cm³/mol. The first kappa shape index (κ1) is 45.3. The van der Waals surface area contributed by atoms with Crippen molar-refractivity contribution in [1.82, 2.24) is 13.6 Å². The third kappa shape index (κ3) is 26.7. The molecule has 1 aromatic rings. The minimum atomic E-state index is 0.0269. The fourth-order valence-electron chi connectivity index (χ4n) is 6.47. The number of anilines is 2. The van der Waals surface area contributed by atoms with E-state index < -0.39 is 0 Å². The number of esters is 1. The molecule has 0 aromatic carbocycles. The molecule has 0 aliphatic heterocycles. The van der Waals surface area contributed by atoms with Gasteiger partial charge in [0.25, 0.3) is 0 Å². The van der Waals surface area contributed by atoms with Gasteiger partial charge >= 0.3 is 5.97 Å². The van der Waals surface area contributed by atoms with Crippen LogP contribution in [0.2, 0.25) is 0 Å². The molecular formula is C40H77N5O3S. The molecule has 0 spiro atoms. The van der Waals surface area contributed by atoms with Crippen LogP contribution in [0.4, 0.5) is 11.6 Å². The van der Waals surface area contributed by atoms with Crippen LogP contribution in [0.1, 0.15) is 187 Å². The molecule has 0 unspecified atom stereocenters. The average Bonchev–Trinajstić information content (AvgIpc) is 3.57. The lowest BCUT2D eigenvalue weighted by Gasteiger charge is -2.22. The van der Waals surface area contributed by atoms with E-state index in [1.165, 1.54) is 127 Å². The predicted octanol–water partition coefficient (Wildman–Crippen LogP) is 11.0. The van der Waals surface area contributed by atoms with Gasteiger partial charge in [0.15, 0.2) is 11.6 Å². The molecule has 0 atom stereocenters. The van der Waals surface area contributed by atoms with Gasteiger partial charge in [0.05, 0.1) is 11.7 Å². The van der Waals surface area contributed by atoms with E-state index in [2.05, 4.69) is 32.8 Å². The third-order valence-electron chi connectivity index (χ3n) is 9.55. The second-order valence-corrected chi connectivity index (χ2v) is 14.9. The van der Waals surface area contributed by atoms with Gasteiger partial charge in [-0.2, -0.15) is 8.75 Å². The Morgan fingerprint density at radius 2 is 1.20 bits per heavy atom. The number of rotatable bonds is 37. The van der Waals surface area contributed by atoms with Gasteiger partial charge in [-0.1, -0.05) is 117 Å². The van der Waals surface area contributed by atoms with E-state index in [1.54, 1.807) is 0 Å². The van der Waals surface area contributed by atoms with Gasteiger partial charge in [-0.15, -0.1) is 0 Å². The van der Waals surface area contributed by atoms with E-state index in [-0.39, 0.29) is 12.1 Å². The standard InChI is InChI=1S/C40H77N5O3S/c1-5-7-9-11-16-22-29-37(30-23-17-12-10-8-6-2)48-38(47)31-24-18-15-20-26-34-45(33-25-19-13-14-21-27-36-46)35-28-32-41-39-40(44(3)4)43-49-42-39/h36-37H,5-35H2,1-4H3,(H,41,42). The molecule has 0 amide bonds. The number of hydrogen-bond acceptors (Lipinski definition) is 9. The molecule has 0 radical (unpaired) electrons. The van der Waals surface area contributed by atoms with Crippen LogP contribution in [-0.4, -0.2) is 72.3 Å². The van der Waals surface area contributed by atoms with E-state index >= 15 is 0 Å². The quantitative estimate of drug-likeness (QED) is 0.0415. The number of ether oxygens (including phenoxy) is 1. The number of nitrogens with zero attached hydrogens (tertiary/aromatic N) is 4. The van der Waals surface area contributed by atoms with Crippen molar-refractivity contribution in [2.24, 2.45) is 0 Å². The lowest BCUT2D eigenvalue weighted by molar-refractivity contribution is -0.150. The first-order chi connectivity index (χ1) is 24.0. The minimum absolute atomic E-state index is 0.0269. The van der Waals surface area contributed by atoms with Gasteiger partial charge < -0.3 is 24.6 Å². The van der Waals surface area contributed by atoms with Crippen LogP contribution in [0.3, 0.4) is 0 Å². The van der Waals surface area contributed by atoms with E-state index in [0.29, 0.717) is 12.8 Å². The van der Waals surface area contributed by atoms with Crippen molar-refractivity contribution in [3.05, 3.63) is 0 Å². The van der Waals surface area contributed by atoms with Crippen LogP contribution in [0.15, 0.2) is 0 Å². The second-order valence-electron chi connectivity index (χ2n) is 14.4. The molecule has 0 saturated carbocycles. The van der Waals surface area contributed by atoms with E-state index in [1.807, 2.05) is 19.0 Å². The summed E-state index contributed by atoms with van der Waals surface area (Å²) in [6, 6.07) is 0. The van der Waals surface area contributed by atoms with Crippen molar-refractivity contribution in [1.29, 1.82) is 0 Å². The fraction of sp³-hybridized carbons (Fsp3) is 0.900. The second kappa shape index (κ2) is 33.4. The molecule has 49 heavy (non-hydrogen) atoms. The number of carbonyl (C=O) groups excluding carboxylic acids is 2. The summed E-state index contributed by atoms with van der Waals surface area (Å²) in [6.07, 6.45) is 32.5. The highest BCUT2D eigenvalue weighted by Crippen LogP contribution is 2.21. The zero-order valence-corrected chi connectivity index (χ0v) is 33.3. The molecule has 0 saturated heterocycles. The number of aromatic nitrogens is 2. The maximum absolute atomic E-state index is 12.8. The molecule has 9 heteroatoms. The molecule has 0 aliphatic rings. The molecule has 1 N–H and O–H groups in total. The van der Waals surface area contributed by atoms with Crippen LogP contribution >= 0.6 is 11.7 Å². The topological polar surface area (TPSA) is 87.7 Å². The molecule has 286 valence electrons. The summed E-state index contributed by atoms with van der Waals surface area (Å²) in [5.74, 6) is 1.82. The SMILES string of the molecule is CCCCCCCCC(CCCCCCCC)OC(=O)CCCCCCCN(CCCCCCCC=O)CCCNc1nsnc1N(C)C. The van der Waals surface area contributed by atoms with Crippen LogP contribution in [0, 0.1) is 0 Å². The van der Waals surface area contributed by atoms with E-state index in [0.717, 1.165) is 89.0 Å². The van der Waals surface area contributed by atoms with Crippen molar-refractivity contribution < 1.29 is 14.3 Å². The van der Waals surface area contributed by atoms with Crippen LogP contribution in [0.25, 0.3) is 0 Å². The summed E-state index contributed by atoms with van der Waals surface area (Å²) in [6.45, 7) is 8.77. The Kier molecular flexibility index (Phi) is 30.9. The Balaban J connectivity index is 2.34. The highest BCUT2D eigenvalue weighted by Gasteiger charge is 2.15. The highest BCUT2D eigenvalue weighted by atomic mass is 32.1. The Hall–Kier alpha value is -1.74. The van der Waals surface area contributed by atoms with Crippen molar-refractivity contribution in [2.75, 3.05) is 50.5 Å². The lowest BCUT2D eigenvalue weighted by Crippen LogP contribution is -2.28. The first-order valence-corrected chi connectivity index (χ1v) is 21.3. The zero-order chi connectivity index (χ0) is 35.6. The van der Waals surface area contributed by atoms with Gasteiger partial charge in [-0.05, 0) is 77.4 Å². The van der Waals surface area contributed by atoms with Gasteiger partial charge in [0.2, 0.25) is 0 Å². The summed E-state index contributed by atoms with van der Waals surface area (Å²) in [7, 11) is 4.00. The number of nitrogens with one attached hydrogen (secondary N) is 1. The summed E-state index contributed by atoms with van der Waals surface area (Å²) in [5.41, 5.74) is 0. The van der Waals surface area contributed by atoms with Crippen molar-refractivity contribution in [3.63, 3.8) is 0 Å². The molecule has 0 bridgehead atoms. The highest BCUT2D eigenvalue weighted by molar-refractivity contribution is 6.99. The Bertz CT molecular complexity index is 868. The van der Waals surface area contributed by atoms with E-state index in [9.17, 15) is 9.59 Å². The van der Waals surface area contributed by atoms with Crippen LogP contribution in [-0.2, 0) is 14.3 Å². The number of unbranched alkanes of at least 4 members (excludes halogenated alkanes) is 19. The summed E-state index contributed by atoms with van der Waals surface area (Å²) in [5, 5.41) is 3.48. The Morgan fingerprint density at radius 3 is 1.78 bits per heavy atom. The van der Waals surface area contributed by atoms with Gasteiger partial charge in [-0.25, -0.2) is 0 Å². The summed E-state index contributed by atoms with van der Waals surface area (Å²) in [4.78, 5) is 28.0. The van der Waals surface area contributed by atoms with Crippen molar-refractivity contribution >= 4 is 35.6 Å². The smallest absolute Gasteiger partial charge is 0.306 e.